The van der Waals surface area contributed by atoms with Crippen molar-refractivity contribution in [3.8, 4) is 0 Å². The van der Waals surface area contributed by atoms with Gasteiger partial charge in [0.05, 0.1) is 37.1 Å². The van der Waals surface area contributed by atoms with Gasteiger partial charge in [0.1, 0.15) is 5.01 Å². The van der Waals surface area contributed by atoms with Crippen molar-refractivity contribution in [2.75, 3.05) is 39.5 Å². The van der Waals surface area contributed by atoms with Gasteiger partial charge in [-0.15, -0.1) is 11.3 Å². The maximum absolute atomic E-state index is 12.7. The predicted octanol–water partition coefficient (Wildman–Crippen LogP) is 3.14. The van der Waals surface area contributed by atoms with Crippen molar-refractivity contribution in [1.82, 2.24) is 14.8 Å². The molecule has 2 saturated heterocycles. The third-order valence-electron chi connectivity index (χ3n) is 4.99. The molecule has 3 rings (SSSR count). The molecule has 0 radical (unpaired) electrons. The molecule has 0 atom stereocenters. The van der Waals surface area contributed by atoms with Crippen LogP contribution in [0.1, 0.15) is 38.6 Å². The predicted molar refractivity (Wildman–Crippen MR) is 107 cm³/mol. The van der Waals surface area contributed by atoms with E-state index < -0.39 is 0 Å². The number of piperazine rings is 1. The highest BCUT2D eigenvalue weighted by Crippen LogP contribution is 2.32. The van der Waals surface area contributed by atoms with Crippen molar-refractivity contribution in [1.29, 1.82) is 0 Å². The van der Waals surface area contributed by atoms with Gasteiger partial charge in [-0.05, 0) is 19.8 Å². The standard InChI is InChI=1S/C20H29N3O3S/c1-4-7-17(19-21-8-11-27-19)23-10-9-22(15-13-25-14-15)12-18(23)16(5-2)20(24)26-6-3/h7-8,11,15H,4-6,9-10,12-14H2,1-3H3/b17-7+,18-16+. The molecule has 3 heterocycles. The highest BCUT2D eigenvalue weighted by atomic mass is 32.1. The normalized spacial score (nSPS) is 21.1. The zero-order valence-corrected chi connectivity index (χ0v) is 17.3. The van der Waals surface area contributed by atoms with Gasteiger partial charge in [0.2, 0.25) is 0 Å². The highest BCUT2D eigenvalue weighted by molar-refractivity contribution is 7.10. The van der Waals surface area contributed by atoms with Crippen LogP contribution < -0.4 is 0 Å². The molecule has 0 spiro atoms. The van der Waals surface area contributed by atoms with Crippen LogP contribution in [0.25, 0.3) is 5.70 Å². The lowest BCUT2D eigenvalue weighted by Gasteiger charge is -2.45. The molecule has 0 amide bonds. The largest absolute Gasteiger partial charge is 0.463 e. The zero-order valence-electron chi connectivity index (χ0n) is 16.4. The van der Waals surface area contributed by atoms with Gasteiger partial charge in [0.25, 0.3) is 0 Å². The van der Waals surface area contributed by atoms with E-state index in [1.807, 2.05) is 25.4 Å². The number of aromatic nitrogens is 1. The van der Waals surface area contributed by atoms with Crippen LogP contribution in [0.3, 0.4) is 0 Å². The molecular formula is C20H29N3O3S. The molecule has 0 aliphatic carbocycles. The smallest absolute Gasteiger partial charge is 0.335 e. The minimum absolute atomic E-state index is 0.207. The molecule has 2 fully saturated rings. The first-order chi connectivity index (χ1) is 13.2. The van der Waals surface area contributed by atoms with Crippen molar-refractivity contribution < 1.29 is 14.3 Å². The zero-order chi connectivity index (χ0) is 19.2. The first-order valence-electron chi connectivity index (χ1n) is 9.78. The SMILES string of the molecule is CC/C=C(\c1nccs1)N1CCN(C2COC2)C/C1=C(/CC)C(=O)OCC. The first-order valence-corrected chi connectivity index (χ1v) is 10.7. The molecule has 2 aliphatic rings. The summed E-state index contributed by atoms with van der Waals surface area (Å²) in [4.78, 5) is 21.9. The Morgan fingerprint density at radius 2 is 2.19 bits per heavy atom. The summed E-state index contributed by atoms with van der Waals surface area (Å²) in [5.74, 6) is -0.207. The van der Waals surface area contributed by atoms with Crippen LogP contribution in [0.15, 0.2) is 28.9 Å². The van der Waals surface area contributed by atoms with Crippen LogP contribution in [0.4, 0.5) is 0 Å². The highest BCUT2D eigenvalue weighted by Gasteiger charge is 2.34. The van der Waals surface area contributed by atoms with Crippen LogP contribution in [-0.2, 0) is 14.3 Å². The summed E-state index contributed by atoms with van der Waals surface area (Å²) in [6.45, 7) is 10.5. The molecule has 0 bridgehead atoms. The maximum atomic E-state index is 12.7. The quantitative estimate of drug-likeness (QED) is 0.526. The first kappa shape index (κ1) is 20.0. The minimum Gasteiger partial charge on any atom is -0.463 e. The van der Waals surface area contributed by atoms with Gasteiger partial charge in [-0.2, -0.15) is 0 Å². The van der Waals surface area contributed by atoms with Gasteiger partial charge >= 0.3 is 5.97 Å². The van der Waals surface area contributed by atoms with Crippen LogP contribution in [0.5, 0.6) is 0 Å². The second-order valence-electron chi connectivity index (χ2n) is 6.65. The summed E-state index contributed by atoms with van der Waals surface area (Å²) in [5.41, 5.74) is 2.91. The number of allylic oxidation sites excluding steroid dienone is 1. The van der Waals surface area contributed by atoms with Gasteiger partial charge in [-0.3, -0.25) is 4.90 Å². The summed E-state index contributed by atoms with van der Waals surface area (Å²) in [7, 11) is 0. The fourth-order valence-electron chi connectivity index (χ4n) is 3.53. The third-order valence-corrected chi connectivity index (χ3v) is 5.79. The van der Waals surface area contributed by atoms with Gasteiger partial charge in [-0.1, -0.05) is 19.9 Å². The van der Waals surface area contributed by atoms with E-state index in [4.69, 9.17) is 9.47 Å². The van der Waals surface area contributed by atoms with E-state index in [9.17, 15) is 4.79 Å². The Bertz CT molecular complexity index is 695. The van der Waals surface area contributed by atoms with Crippen molar-refractivity contribution in [2.24, 2.45) is 0 Å². The molecule has 0 unspecified atom stereocenters. The summed E-state index contributed by atoms with van der Waals surface area (Å²) in [6.07, 6.45) is 5.61. The number of rotatable bonds is 7. The number of thiazole rings is 1. The van der Waals surface area contributed by atoms with E-state index in [0.717, 1.165) is 61.2 Å². The number of esters is 1. The maximum Gasteiger partial charge on any atom is 0.335 e. The van der Waals surface area contributed by atoms with E-state index in [1.54, 1.807) is 11.3 Å². The van der Waals surface area contributed by atoms with Crippen molar-refractivity contribution in [2.45, 2.75) is 39.7 Å². The molecule has 27 heavy (non-hydrogen) atoms. The number of carbonyl (C=O) groups is 1. The van der Waals surface area contributed by atoms with E-state index in [0.29, 0.717) is 19.1 Å². The van der Waals surface area contributed by atoms with Crippen molar-refractivity contribution in [3.63, 3.8) is 0 Å². The molecular weight excluding hydrogens is 362 g/mol. The molecule has 0 N–H and O–H groups in total. The Morgan fingerprint density at radius 1 is 1.37 bits per heavy atom. The van der Waals surface area contributed by atoms with Crippen LogP contribution in [-0.4, -0.2) is 66.2 Å². The number of hydrogen-bond donors (Lipinski definition) is 0. The lowest BCUT2D eigenvalue weighted by molar-refractivity contribution is -0.138. The van der Waals surface area contributed by atoms with Crippen LogP contribution in [0.2, 0.25) is 0 Å². The van der Waals surface area contributed by atoms with E-state index in [-0.39, 0.29) is 5.97 Å². The fourth-order valence-corrected chi connectivity index (χ4v) is 4.22. The molecule has 0 saturated carbocycles. The third kappa shape index (κ3) is 4.42. The van der Waals surface area contributed by atoms with Gasteiger partial charge < -0.3 is 14.4 Å². The lowest BCUT2D eigenvalue weighted by Crippen LogP contribution is -2.55. The van der Waals surface area contributed by atoms with Crippen molar-refractivity contribution in [3.05, 3.63) is 33.9 Å². The van der Waals surface area contributed by atoms with Gasteiger partial charge in [0, 0.05) is 36.9 Å². The average Bonchev–Trinajstić information content (AvgIpc) is 3.14. The Morgan fingerprint density at radius 3 is 2.74 bits per heavy atom. The Balaban J connectivity index is 1.99. The monoisotopic (exact) mass is 391 g/mol. The number of nitrogens with zero attached hydrogens (tertiary/aromatic N) is 3. The molecule has 2 aliphatic heterocycles. The Labute approximate surface area is 165 Å². The van der Waals surface area contributed by atoms with E-state index >= 15 is 0 Å². The lowest BCUT2D eigenvalue weighted by atomic mass is 10.0. The Hall–Kier alpha value is -1.70. The molecule has 148 valence electrons. The van der Waals surface area contributed by atoms with Gasteiger partial charge in [-0.25, -0.2) is 9.78 Å². The van der Waals surface area contributed by atoms with Crippen molar-refractivity contribution >= 4 is 23.0 Å². The number of carbonyl (C=O) groups excluding carboxylic acids is 1. The molecule has 1 aromatic rings. The minimum atomic E-state index is -0.207. The van der Waals surface area contributed by atoms with E-state index in [1.165, 1.54) is 0 Å². The molecule has 7 heteroatoms. The number of hydrogen-bond acceptors (Lipinski definition) is 7. The van der Waals surface area contributed by atoms with Crippen LogP contribution in [0, 0.1) is 0 Å². The number of ether oxygens (including phenoxy) is 2. The topological polar surface area (TPSA) is 54.9 Å². The summed E-state index contributed by atoms with van der Waals surface area (Å²) >= 11 is 1.63. The van der Waals surface area contributed by atoms with Crippen LogP contribution >= 0.6 is 11.3 Å². The molecule has 1 aromatic heterocycles. The Kier molecular flexibility index (Phi) is 7.04. The average molecular weight is 392 g/mol. The second-order valence-corrected chi connectivity index (χ2v) is 7.54. The fraction of sp³-hybridized carbons (Fsp3) is 0.600. The second kappa shape index (κ2) is 9.48. The van der Waals surface area contributed by atoms with E-state index in [2.05, 4.69) is 27.8 Å². The van der Waals surface area contributed by atoms with Gasteiger partial charge in [0.15, 0.2) is 0 Å². The summed E-state index contributed by atoms with van der Waals surface area (Å²) < 4.78 is 10.7. The summed E-state index contributed by atoms with van der Waals surface area (Å²) in [6, 6.07) is 0.445. The molecule has 0 aromatic carbocycles. The summed E-state index contributed by atoms with van der Waals surface area (Å²) in [5, 5.41) is 2.99. The molecule has 6 nitrogen and oxygen atoms in total.